The molecule has 1 rings (SSSR count). The van der Waals surface area contributed by atoms with Crippen LogP contribution in [0.2, 0.25) is 0 Å². The van der Waals surface area contributed by atoms with Gasteiger partial charge in [-0.15, -0.1) is 0 Å². The van der Waals surface area contributed by atoms with E-state index in [9.17, 15) is 4.79 Å². The molecule has 1 N–H and O–H groups in total. The number of hydrogen-bond donors (Lipinski definition) is 1. The van der Waals surface area contributed by atoms with Crippen LogP contribution in [0.3, 0.4) is 0 Å². The van der Waals surface area contributed by atoms with Crippen molar-refractivity contribution in [1.29, 1.82) is 5.26 Å². The smallest absolute Gasteiger partial charge is 0.305 e. The lowest BCUT2D eigenvalue weighted by Crippen LogP contribution is -2.08. The molecule has 20 heavy (non-hydrogen) atoms. The predicted molar refractivity (Wildman–Crippen MR) is 73.9 cm³/mol. The summed E-state index contributed by atoms with van der Waals surface area (Å²) in [6.07, 6.45) is -0.230. The van der Waals surface area contributed by atoms with E-state index in [1.807, 2.05) is 19.9 Å². The Morgan fingerprint density at radius 2 is 2.10 bits per heavy atom. The summed E-state index contributed by atoms with van der Waals surface area (Å²) in [5.41, 5.74) is 0.620. The van der Waals surface area contributed by atoms with Gasteiger partial charge in [-0.05, 0) is 23.6 Å². The SMILES string of the molecule is COc1ccc(C(C#N)CC(=O)O)cc1OCC(C)C. The van der Waals surface area contributed by atoms with Crippen LogP contribution in [0, 0.1) is 17.2 Å². The molecule has 1 atom stereocenters. The Bertz CT molecular complexity index is 505. The predicted octanol–water partition coefficient (Wildman–Crippen LogP) is 2.81. The number of nitriles is 1. The summed E-state index contributed by atoms with van der Waals surface area (Å²) in [6.45, 7) is 4.58. The molecule has 0 spiro atoms. The van der Waals surface area contributed by atoms with Crippen LogP contribution >= 0.6 is 0 Å². The Labute approximate surface area is 118 Å². The van der Waals surface area contributed by atoms with E-state index in [1.54, 1.807) is 18.2 Å². The monoisotopic (exact) mass is 277 g/mol. The van der Waals surface area contributed by atoms with Gasteiger partial charge in [0.25, 0.3) is 0 Å². The van der Waals surface area contributed by atoms with E-state index in [4.69, 9.17) is 19.8 Å². The number of hydrogen-bond acceptors (Lipinski definition) is 4. The summed E-state index contributed by atoms with van der Waals surface area (Å²) in [6, 6.07) is 7.06. The van der Waals surface area contributed by atoms with Gasteiger partial charge in [0.15, 0.2) is 11.5 Å². The number of carboxylic acid groups (broad SMARTS) is 1. The molecule has 5 nitrogen and oxygen atoms in total. The zero-order valence-corrected chi connectivity index (χ0v) is 11.9. The van der Waals surface area contributed by atoms with Crippen LogP contribution in [-0.2, 0) is 4.79 Å². The zero-order valence-electron chi connectivity index (χ0n) is 11.9. The van der Waals surface area contributed by atoms with Gasteiger partial charge in [-0.3, -0.25) is 4.79 Å². The minimum atomic E-state index is -1.00. The topological polar surface area (TPSA) is 79.5 Å². The molecule has 5 heteroatoms. The van der Waals surface area contributed by atoms with Crippen LogP contribution in [0.15, 0.2) is 18.2 Å². The number of nitrogens with zero attached hydrogens (tertiary/aromatic N) is 1. The van der Waals surface area contributed by atoms with Crippen LogP contribution in [0.25, 0.3) is 0 Å². The molecule has 0 heterocycles. The Morgan fingerprint density at radius 3 is 2.60 bits per heavy atom. The largest absolute Gasteiger partial charge is 0.493 e. The highest BCUT2D eigenvalue weighted by Gasteiger charge is 2.17. The maximum Gasteiger partial charge on any atom is 0.305 e. The number of rotatable bonds is 7. The second-order valence-corrected chi connectivity index (χ2v) is 4.89. The fraction of sp³-hybridized carbons (Fsp3) is 0.467. The van der Waals surface area contributed by atoms with E-state index in [-0.39, 0.29) is 6.42 Å². The summed E-state index contributed by atoms with van der Waals surface area (Å²) in [4.78, 5) is 10.8. The van der Waals surface area contributed by atoms with Gasteiger partial charge in [0.1, 0.15) is 0 Å². The molecule has 0 amide bonds. The molecular formula is C15H19NO4. The molecule has 0 aliphatic heterocycles. The van der Waals surface area contributed by atoms with E-state index in [1.165, 1.54) is 7.11 Å². The highest BCUT2D eigenvalue weighted by molar-refractivity contribution is 5.69. The fourth-order valence-corrected chi connectivity index (χ4v) is 1.69. The lowest BCUT2D eigenvalue weighted by molar-refractivity contribution is -0.137. The minimum Gasteiger partial charge on any atom is -0.493 e. The van der Waals surface area contributed by atoms with Crippen molar-refractivity contribution < 1.29 is 19.4 Å². The molecule has 1 aromatic carbocycles. The second-order valence-electron chi connectivity index (χ2n) is 4.89. The highest BCUT2D eigenvalue weighted by Crippen LogP contribution is 2.32. The molecule has 1 aromatic rings. The van der Waals surface area contributed by atoms with Crippen molar-refractivity contribution in [3.05, 3.63) is 23.8 Å². The van der Waals surface area contributed by atoms with E-state index in [2.05, 4.69) is 0 Å². The third-order valence-corrected chi connectivity index (χ3v) is 2.70. The average Bonchev–Trinajstić information content (AvgIpc) is 2.41. The first-order chi connectivity index (χ1) is 9.47. The summed E-state index contributed by atoms with van der Waals surface area (Å²) in [5.74, 6) is -0.239. The number of carbonyl (C=O) groups is 1. The molecule has 0 bridgehead atoms. The third-order valence-electron chi connectivity index (χ3n) is 2.70. The standard InChI is InChI=1S/C15H19NO4/c1-10(2)9-20-14-6-11(4-5-13(14)19-3)12(8-16)7-15(17)18/h4-6,10,12H,7,9H2,1-3H3,(H,17,18). The van der Waals surface area contributed by atoms with Crippen LogP contribution < -0.4 is 9.47 Å². The Morgan fingerprint density at radius 1 is 1.40 bits per heavy atom. The van der Waals surface area contributed by atoms with Gasteiger partial charge in [0.05, 0.1) is 32.1 Å². The van der Waals surface area contributed by atoms with Gasteiger partial charge >= 0.3 is 5.97 Å². The Hall–Kier alpha value is -2.22. The maximum absolute atomic E-state index is 10.8. The highest BCUT2D eigenvalue weighted by atomic mass is 16.5. The van der Waals surface area contributed by atoms with Crippen molar-refractivity contribution in [2.24, 2.45) is 5.92 Å². The molecule has 0 saturated carbocycles. The van der Waals surface area contributed by atoms with E-state index < -0.39 is 11.9 Å². The summed E-state index contributed by atoms with van der Waals surface area (Å²) >= 11 is 0. The average molecular weight is 277 g/mol. The number of carboxylic acids is 1. The molecular weight excluding hydrogens is 258 g/mol. The number of ether oxygens (including phenoxy) is 2. The molecule has 0 aliphatic rings. The first-order valence-electron chi connectivity index (χ1n) is 6.40. The van der Waals surface area contributed by atoms with E-state index in [0.29, 0.717) is 29.6 Å². The first-order valence-corrected chi connectivity index (χ1v) is 6.40. The molecule has 0 fully saturated rings. The van der Waals surface area contributed by atoms with Crippen LogP contribution in [-0.4, -0.2) is 24.8 Å². The lowest BCUT2D eigenvalue weighted by Gasteiger charge is -2.15. The van der Waals surface area contributed by atoms with Gasteiger partial charge < -0.3 is 14.6 Å². The maximum atomic E-state index is 10.8. The third kappa shape index (κ3) is 4.47. The summed E-state index contributed by atoms with van der Waals surface area (Å²) in [5, 5.41) is 17.9. The van der Waals surface area contributed by atoms with E-state index in [0.717, 1.165) is 0 Å². The molecule has 0 aliphatic carbocycles. The van der Waals surface area contributed by atoms with E-state index >= 15 is 0 Å². The second kappa shape index (κ2) is 7.39. The normalized spacial score (nSPS) is 11.8. The van der Waals surface area contributed by atoms with Crippen molar-refractivity contribution in [2.45, 2.75) is 26.2 Å². The van der Waals surface area contributed by atoms with Crippen molar-refractivity contribution in [3.63, 3.8) is 0 Å². The molecule has 0 aromatic heterocycles. The zero-order chi connectivity index (χ0) is 15.1. The van der Waals surface area contributed by atoms with Crippen LogP contribution in [0.4, 0.5) is 0 Å². The van der Waals surface area contributed by atoms with Crippen molar-refractivity contribution >= 4 is 5.97 Å². The number of aliphatic carboxylic acids is 1. The van der Waals surface area contributed by atoms with Crippen LogP contribution in [0.1, 0.15) is 31.7 Å². The van der Waals surface area contributed by atoms with Crippen molar-refractivity contribution in [2.75, 3.05) is 13.7 Å². The Balaban J connectivity index is 3.01. The Kier molecular flexibility index (Phi) is 5.85. The molecule has 0 radical (unpaired) electrons. The number of benzene rings is 1. The van der Waals surface area contributed by atoms with Crippen molar-refractivity contribution in [1.82, 2.24) is 0 Å². The van der Waals surface area contributed by atoms with Crippen LogP contribution in [0.5, 0.6) is 11.5 Å². The quantitative estimate of drug-likeness (QED) is 0.829. The van der Waals surface area contributed by atoms with Gasteiger partial charge in [-0.25, -0.2) is 0 Å². The molecule has 0 saturated heterocycles. The van der Waals surface area contributed by atoms with Gasteiger partial charge in [0.2, 0.25) is 0 Å². The van der Waals surface area contributed by atoms with Crippen molar-refractivity contribution in [3.8, 4) is 17.6 Å². The minimum absolute atomic E-state index is 0.230. The first kappa shape index (κ1) is 15.8. The van der Waals surface area contributed by atoms with Gasteiger partial charge in [0, 0.05) is 0 Å². The van der Waals surface area contributed by atoms with Gasteiger partial charge in [-0.1, -0.05) is 19.9 Å². The molecule has 108 valence electrons. The summed E-state index contributed by atoms with van der Waals surface area (Å²) in [7, 11) is 1.54. The summed E-state index contributed by atoms with van der Waals surface area (Å²) < 4.78 is 10.9. The lowest BCUT2D eigenvalue weighted by atomic mass is 9.97. The molecule has 1 unspecified atom stereocenters. The fourth-order valence-electron chi connectivity index (χ4n) is 1.69. The van der Waals surface area contributed by atoms with Gasteiger partial charge in [-0.2, -0.15) is 5.26 Å². The number of methoxy groups -OCH3 is 1.